The van der Waals surface area contributed by atoms with Crippen LogP contribution >= 0.6 is 11.8 Å². The Morgan fingerprint density at radius 2 is 1.77 bits per heavy atom. The first kappa shape index (κ1) is 18.6. The molecule has 0 spiro atoms. The topological polar surface area (TPSA) is 75.1 Å². The van der Waals surface area contributed by atoms with Crippen molar-refractivity contribution in [2.45, 2.75) is 31.7 Å². The zero-order chi connectivity index (χ0) is 18.7. The molecule has 0 saturated carbocycles. The van der Waals surface area contributed by atoms with Crippen LogP contribution in [0.4, 0.5) is 5.95 Å². The van der Waals surface area contributed by atoms with E-state index in [1.165, 1.54) is 11.8 Å². The summed E-state index contributed by atoms with van der Waals surface area (Å²) in [5, 5.41) is 0.764. The van der Waals surface area contributed by atoms with Gasteiger partial charge in [-0.15, -0.1) is 11.8 Å². The highest BCUT2D eigenvalue weighted by atomic mass is 32.2. The Hall–Kier alpha value is -2.22. The first-order chi connectivity index (χ1) is 12.5. The number of nitrogens with zero attached hydrogens (tertiary/aromatic N) is 6. The summed E-state index contributed by atoms with van der Waals surface area (Å²) in [5.74, 6) is 1.74. The summed E-state index contributed by atoms with van der Waals surface area (Å²) in [6.45, 7) is 8.72. The van der Waals surface area contributed by atoms with E-state index < -0.39 is 0 Å². The highest BCUT2D eigenvalue weighted by Crippen LogP contribution is 2.25. The highest BCUT2D eigenvalue weighted by molar-refractivity contribution is 7.98. The summed E-state index contributed by atoms with van der Waals surface area (Å²) in [4.78, 5) is 34.8. The van der Waals surface area contributed by atoms with E-state index in [9.17, 15) is 4.79 Å². The van der Waals surface area contributed by atoms with Gasteiger partial charge in [0.15, 0.2) is 0 Å². The van der Waals surface area contributed by atoms with Gasteiger partial charge >= 0.3 is 0 Å². The second-order valence-electron chi connectivity index (χ2n) is 6.53. The molecule has 2 aromatic heterocycles. The third kappa shape index (κ3) is 3.80. The van der Waals surface area contributed by atoms with Gasteiger partial charge in [0.05, 0.1) is 11.3 Å². The molecule has 1 fully saturated rings. The first-order valence-corrected chi connectivity index (χ1v) is 9.97. The predicted molar refractivity (Wildman–Crippen MR) is 103 cm³/mol. The molecule has 0 bridgehead atoms. The quantitative estimate of drug-likeness (QED) is 0.602. The zero-order valence-corrected chi connectivity index (χ0v) is 16.5. The number of rotatable bonds is 4. The molecule has 138 valence electrons. The molecule has 2 aromatic rings. The Morgan fingerprint density at radius 1 is 1.12 bits per heavy atom. The van der Waals surface area contributed by atoms with E-state index in [2.05, 4.69) is 38.7 Å². The van der Waals surface area contributed by atoms with Crippen molar-refractivity contribution in [1.82, 2.24) is 24.8 Å². The van der Waals surface area contributed by atoms with Crippen molar-refractivity contribution < 1.29 is 4.79 Å². The van der Waals surface area contributed by atoms with Gasteiger partial charge in [-0.05, 0) is 19.2 Å². The second-order valence-corrected chi connectivity index (χ2v) is 7.33. The molecule has 3 heterocycles. The molecular formula is C18H24N6OS. The Kier molecular flexibility index (Phi) is 5.70. The van der Waals surface area contributed by atoms with Gasteiger partial charge in [0.25, 0.3) is 5.91 Å². The van der Waals surface area contributed by atoms with Crippen LogP contribution in [0.5, 0.6) is 0 Å². The van der Waals surface area contributed by atoms with Crippen molar-refractivity contribution in [2.24, 2.45) is 0 Å². The Bertz CT molecular complexity index is 775. The van der Waals surface area contributed by atoms with Crippen molar-refractivity contribution in [3.8, 4) is 0 Å². The van der Waals surface area contributed by atoms with E-state index in [1.807, 2.05) is 18.1 Å². The van der Waals surface area contributed by atoms with E-state index in [1.54, 1.807) is 18.5 Å². The fraction of sp³-hybridized carbons (Fsp3) is 0.500. The molecule has 1 saturated heterocycles. The number of thioether (sulfide) groups is 1. The third-order valence-electron chi connectivity index (χ3n) is 4.40. The normalized spacial score (nSPS) is 14.8. The average Bonchev–Trinajstić information content (AvgIpc) is 2.67. The molecular weight excluding hydrogens is 348 g/mol. The van der Waals surface area contributed by atoms with Crippen molar-refractivity contribution in [3.05, 3.63) is 35.5 Å². The summed E-state index contributed by atoms with van der Waals surface area (Å²) in [5.41, 5.74) is 1.39. The summed E-state index contributed by atoms with van der Waals surface area (Å²) < 4.78 is 0. The maximum absolute atomic E-state index is 13.1. The molecule has 7 nitrogen and oxygen atoms in total. The van der Waals surface area contributed by atoms with Gasteiger partial charge in [-0.1, -0.05) is 13.8 Å². The number of hydrogen-bond acceptors (Lipinski definition) is 7. The molecule has 1 amide bonds. The van der Waals surface area contributed by atoms with Crippen LogP contribution < -0.4 is 4.90 Å². The number of carbonyl (C=O) groups excluding carboxylic acids is 1. The minimum Gasteiger partial charge on any atom is -0.337 e. The number of hydrogen-bond donors (Lipinski definition) is 0. The molecule has 0 aromatic carbocycles. The number of carbonyl (C=O) groups is 1. The number of amides is 1. The minimum absolute atomic E-state index is 0.00999. The Balaban J connectivity index is 1.76. The molecule has 0 aliphatic carbocycles. The van der Waals surface area contributed by atoms with Crippen LogP contribution in [0.2, 0.25) is 0 Å². The van der Waals surface area contributed by atoms with E-state index in [-0.39, 0.29) is 11.8 Å². The number of anilines is 1. The van der Waals surface area contributed by atoms with Gasteiger partial charge in [0.2, 0.25) is 5.95 Å². The van der Waals surface area contributed by atoms with Crippen LogP contribution in [-0.4, -0.2) is 63.2 Å². The van der Waals surface area contributed by atoms with Gasteiger partial charge in [0.1, 0.15) is 10.9 Å². The fourth-order valence-electron chi connectivity index (χ4n) is 2.94. The van der Waals surface area contributed by atoms with Crippen molar-refractivity contribution >= 4 is 23.6 Å². The maximum atomic E-state index is 13.1. The molecule has 0 unspecified atom stereocenters. The molecule has 1 aliphatic heterocycles. The van der Waals surface area contributed by atoms with Gasteiger partial charge < -0.3 is 9.80 Å². The maximum Gasteiger partial charge on any atom is 0.258 e. The molecule has 0 N–H and O–H groups in total. The van der Waals surface area contributed by atoms with E-state index in [0.29, 0.717) is 37.7 Å². The van der Waals surface area contributed by atoms with Crippen molar-refractivity contribution in [1.29, 1.82) is 0 Å². The predicted octanol–water partition coefficient (Wildman–Crippen LogP) is 2.38. The fourth-order valence-corrected chi connectivity index (χ4v) is 3.57. The van der Waals surface area contributed by atoms with Crippen LogP contribution in [0.25, 0.3) is 0 Å². The lowest BCUT2D eigenvalue weighted by Crippen LogP contribution is -2.49. The van der Waals surface area contributed by atoms with Crippen molar-refractivity contribution in [3.63, 3.8) is 0 Å². The SMILES string of the molecule is CSc1nc(C(C)C)nc(C)c1C(=O)N1CCN(c2ncccn2)CC1. The van der Waals surface area contributed by atoms with Gasteiger partial charge in [-0.3, -0.25) is 4.79 Å². The summed E-state index contributed by atoms with van der Waals surface area (Å²) in [6, 6.07) is 1.80. The van der Waals surface area contributed by atoms with E-state index in [0.717, 1.165) is 16.5 Å². The zero-order valence-electron chi connectivity index (χ0n) is 15.6. The van der Waals surface area contributed by atoms with E-state index in [4.69, 9.17) is 0 Å². The molecule has 0 radical (unpaired) electrons. The summed E-state index contributed by atoms with van der Waals surface area (Å²) in [7, 11) is 0. The summed E-state index contributed by atoms with van der Waals surface area (Å²) in [6.07, 6.45) is 5.43. The van der Waals surface area contributed by atoms with Crippen LogP contribution in [0.15, 0.2) is 23.5 Å². The number of piperazine rings is 1. The lowest BCUT2D eigenvalue weighted by molar-refractivity contribution is 0.0740. The standard InChI is InChI=1S/C18H24N6OS/c1-12(2)15-21-13(3)14(16(22-15)26-4)17(25)23-8-10-24(11-9-23)18-19-6-5-7-20-18/h5-7,12H,8-11H2,1-4H3. The Morgan fingerprint density at radius 3 is 2.35 bits per heavy atom. The smallest absolute Gasteiger partial charge is 0.258 e. The number of aromatic nitrogens is 4. The van der Waals surface area contributed by atoms with Crippen LogP contribution in [-0.2, 0) is 0 Å². The van der Waals surface area contributed by atoms with Crippen LogP contribution in [0.3, 0.4) is 0 Å². The second kappa shape index (κ2) is 7.99. The number of aryl methyl sites for hydroxylation is 1. The van der Waals surface area contributed by atoms with E-state index >= 15 is 0 Å². The average molecular weight is 372 g/mol. The monoisotopic (exact) mass is 372 g/mol. The van der Waals surface area contributed by atoms with Gasteiger partial charge in [-0.2, -0.15) is 0 Å². The lowest BCUT2D eigenvalue weighted by Gasteiger charge is -2.35. The van der Waals surface area contributed by atoms with Crippen molar-refractivity contribution in [2.75, 3.05) is 37.3 Å². The molecule has 1 aliphatic rings. The molecule has 8 heteroatoms. The molecule has 3 rings (SSSR count). The Labute approximate surface area is 158 Å². The first-order valence-electron chi connectivity index (χ1n) is 8.75. The largest absolute Gasteiger partial charge is 0.337 e. The van der Waals surface area contributed by atoms with Crippen LogP contribution in [0.1, 0.15) is 41.6 Å². The minimum atomic E-state index is 0.00999. The summed E-state index contributed by atoms with van der Waals surface area (Å²) >= 11 is 1.50. The molecule has 0 atom stereocenters. The van der Waals surface area contributed by atoms with Crippen LogP contribution in [0, 0.1) is 6.92 Å². The lowest BCUT2D eigenvalue weighted by atomic mass is 10.1. The highest BCUT2D eigenvalue weighted by Gasteiger charge is 2.27. The third-order valence-corrected chi connectivity index (χ3v) is 5.08. The van der Waals surface area contributed by atoms with Gasteiger partial charge in [0, 0.05) is 44.5 Å². The van der Waals surface area contributed by atoms with Gasteiger partial charge in [-0.25, -0.2) is 19.9 Å². The molecule has 26 heavy (non-hydrogen) atoms.